The van der Waals surface area contributed by atoms with E-state index in [1.165, 1.54) is 50.0 Å². The second-order valence-electron chi connectivity index (χ2n) is 10.0. The fourth-order valence-electron chi connectivity index (χ4n) is 5.19. The van der Waals surface area contributed by atoms with Crippen LogP contribution in [0.2, 0.25) is 10.0 Å². The smallest absolute Gasteiger partial charge is 0.289 e. The number of rotatable bonds is 6. The van der Waals surface area contributed by atoms with E-state index in [4.69, 9.17) is 23.2 Å². The molecule has 0 radical (unpaired) electrons. The summed E-state index contributed by atoms with van der Waals surface area (Å²) in [4.78, 5) is 44.8. The van der Waals surface area contributed by atoms with E-state index < -0.39 is 33.2 Å². The predicted molar refractivity (Wildman–Crippen MR) is 150 cm³/mol. The van der Waals surface area contributed by atoms with E-state index in [9.17, 15) is 28.1 Å². The number of fused-ring (bicyclic) bond motifs is 1. The number of anilines is 2. The average molecular weight is 615 g/mol. The van der Waals surface area contributed by atoms with Crippen molar-refractivity contribution in [3.05, 3.63) is 69.8 Å². The Labute approximate surface area is 246 Å². The Bertz CT molecular complexity index is 1710. The van der Waals surface area contributed by atoms with Crippen molar-refractivity contribution in [2.75, 3.05) is 31.1 Å². The average Bonchev–Trinajstić information content (AvgIpc) is 3.46. The molecule has 2 amide bonds. The summed E-state index contributed by atoms with van der Waals surface area (Å²) in [5.41, 5.74) is 0.0260. The van der Waals surface area contributed by atoms with Gasteiger partial charge in [0.1, 0.15) is 5.54 Å². The quantitative estimate of drug-likeness (QED) is 0.389. The number of Topliss-reactive ketones (excluding diaryl/α,β-unsaturated/α-hetero) is 1. The largest absolute Gasteiger partial charge is 0.333 e. The summed E-state index contributed by atoms with van der Waals surface area (Å²) in [6.07, 6.45) is 1.30. The number of amides is 2. The molecule has 0 aliphatic carbocycles. The standard InChI is InChI=1S/C27H24Cl2N6O5S/c1-17(36)24(37)32-7-9-33(10-8-32)41(39,40)23-16-31-26-34(22-12-20(28)11-21(29)13-22)25(38)27(2,35(23)26)14-18-3-5-19(15-30)6-4-18/h3-6,11-13,16H,7-10,14H2,1-2H3/t27-/m1/s1. The van der Waals surface area contributed by atoms with E-state index in [0.29, 0.717) is 16.8 Å². The van der Waals surface area contributed by atoms with Crippen LogP contribution in [0.4, 0.5) is 11.6 Å². The van der Waals surface area contributed by atoms with Gasteiger partial charge in [0.25, 0.3) is 21.8 Å². The highest BCUT2D eigenvalue weighted by atomic mass is 35.5. The molecule has 3 heterocycles. The van der Waals surface area contributed by atoms with Gasteiger partial charge in [-0.2, -0.15) is 9.57 Å². The molecule has 1 aromatic heterocycles. The molecular formula is C27H24Cl2N6O5S. The van der Waals surface area contributed by atoms with E-state index in [2.05, 4.69) is 11.1 Å². The SMILES string of the molecule is CC(=O)C(=O)N1CCN(S(=O)(=O)c2cnc3n2[C@](C)(Cc2ccc(C#N)cc2)C(=O)N3c2cc(Cl)cc(Cl)c2)CC1. The highest BCUT2D eigenvalue weighted by molar-refractivity contribution is 7.89. The van der Waals surface area contributed by atoms with Crippen molar-refractivity contribution < 1.29 is 22.8 Å². The number of carbonyl (C=O) groups excluding carboxylic acids is 3. The van der Waals surface area contributed by atoms with Crippen LogP contribution in [0.1, 0.15) is 25.0 Å². The molecule has 1 atom stereocenters. The Hall–Kier alpha value is -3.76. The third kappa shape index (κ3) is 4.99. The number of piperazine rings is 1. The lowest BCUT2D eigenvalue weighted by molar-refractivity contribution is -0.144. The number of benzene rings is 2. The maximum absolute atomic E-state index is 14.2. The summed E-state index contributed by atoms with van der Waals surface area (Å²) in [6, 6.07) is 13.3. The third-order valence-electron chi connectivity index (χ3n) is 7.24. The molecule has 5 rings (SSSR count). The Kier molecular flexibility index (Phi) is 7.42. The minimum atomic E-state index is -4.20. The zero-order valence-corrected chi connectivity index (χ0v) is 24.4. The molecule has 0 unspecified atom stereocenters. The van der Waals surface area contributed by atoms with E-state index in [0.717, 1.165) is 0 Å². The third-order valence-corrected chi connectivity index (χ3v) is 9.53. The summed E-state index contributed by atoms with van der Waals surface area (Å²) in [5, 5.41) is 9.55. The zero-order valence-electron chi connectivity index (χ0n) is 22.0. The Balaban J connectivity index is 1.59. The number of carbonyl (C=O) groups is 3. The number of imidazole rings is 1. The van der Waals surface area contributed by atoms with Crippen molar-refractivity contribution in [1.29, 1.82) is 5.26 Å². The van der Waals surface area contributed by atoms with Crippen LogP contribution in [0.25, 0.3) is 0 Å². The van der Waals surface area contributed by atoms with Gasteiger partial charge in [-0.05, 0) is 42.8 Å². The van der Waals surface area contributed by atoms with E-state index >= 15 is 0 Å². The maximum Gasteiger partial charge on any atom is 0.289 e. The summed E-state index contributed by atoms with van der Waals surface area (Å²) < 4.78 is 30.6. The monoisotopic (exact) mass is 614 g/mol. The first kappa shape index (κ1) is 28.8. The van der Waals surface area contributed by atoms with Crippen LogP contribution >= 0.6 is 23.2 Å². The summed E-state index contributed by atoms with van der Waals surface area (Å²) in [5.74, 6) is -1.65. The normalized spacial score (nSPS) is 19.2. The Morgan fingerprint density at radius 2 is 1.66 bits per heavy atom. The summed E-state index contributed by atoms with van der Waals surface area (Å²) >= 11 is 12.5. The van der Waals surface area contributed by atoms with E-state index in [-0.39, 0.29) is 53.6 Å². The molecule has 41 heavy (non-hydrogen) atoms. The summed E-state index contributed by atoms with van der Waals surface area (Å²) in [7, 11) is -4.20. The number of nitrogens with zero attached hydrogens (tertiary/aromatic N) is 6. The molecule has 0 bridgehead atoms. The van der Waals surface area contributed by atoms with Gasteiger partial charge >= 0.3 is 0 Å². The van der Waals surface area contributed by atoms with Gasteiger partial charge in [-0.1, -0.05) is 35.3 Å². The van der Waals surface area contributed by atoms with Crippen LogP contribution in [-0.2, 0) is 36.4 Å². The van der Waals surface area contributed by atoms with Crippen molar-refractivity contribution in [1.82, 2.24) is 18.8 Å². The van der Waals surface area contributed by atoms with Crippen molar-refractivity contribution >= 4 is 62.5 Å². The molecule has 11 nitrogen and oxygen atoms in total. The number of hydrogen-bond acceptors (Lipinski definition) is 7. The molecule has 2 aromatic carbocycles. The molecule has 1 fully saturated rings. The van der Waals surface area contributed by atoms with Gasteiger partial charge in [-0.25, -0.2) is 18.3 Å². The first-order chi connectivity index (χ1) is 19.4. The van der Waals surface area contributed by atoms with Gasteiger partial charge in [0.05, 0.1) is 23.5 Å². The molecule has 2 aliphatic rings. The number of sulfonamides is 1. The van der Waals surface area contributed by atoms with Crippen molar-refractivity contribution in [3.63, 3.8) is 0 Å². The van der Waals surface area contributed by atoms with Gasteiger partial charge in [0.2, 0.25) is 11.7 Å². The predicted octanol–water partition coefficient (Wildman–Crippen LogP) is 3.12. The lowest BCUT2D eigenvalue weighted by atomic mass is 9.91. The van der Waals surface area contributed by atoms with Crippen LogP contribution in [0, 0.1) is 11.3 Å². The lowest BCUT2D eigenvalue weighted by Crippen LogP contribution is -2.52. The molecule has 2 aliphatic heterocycles. The minimum absolute atomic E-state index is 0.0320. The Morgan fingerprint density at radius 1 is 1.05 bits per heavy atom. The van der Waals surface area contributed by atoms with Crippen LogP contribution in [0.15, 0.2) is 53.7 Å². The minimum Gasteiger partial charge on any atom is -0.333 e. The molecule has 0 N–H and O–H groups in total. The maximum atomic E-state index is 14.2. The molecule has 0 saturated carbocycles. The molecular weight excluding hydrogens is 591 g/mol. The van der Waals surface area contributed by atoms with Crippen LogP contribution in [0.3, 0.4) is 0 Å². The molecule has 1 saturated heterocycles. The van der Waals surface area contributed by atoms with E-state index in [1.54, 1.807) is 31.2 Å². The van der Waals surface area contributed by atoms with Crippen LogP contribution in [0.5, 0.6) is 0 Å². The Morgan fingerprint density at radius 3 is 2.22 bits per heavy atom. The highest BCUT2D eigenvalue weighted by Crippen LogP contribution is 2.44. The lowest BCUT2D eigenvalue weighted by Gasteiger charge is -2.34. The second-order valence-corrected chi connectivity index (χ2v) is 12.8. The molecule has 212 valence electrons. The number of aromatic nitrogens is 2. The van der Waals surface area contributed by atoms with E-state index in [1.807, 2.05) is 0 Å². The fraction of sp³-hybridized carbons (Fsp3) is 0.296. The van der Waals surface area contributed by atoms with Gasteiger partial charge in [0, 0.05) is 49.6 Å². The zero-order chi connectivity index (χ0) is 29.7. The van der Waals surface area contributed by atoms with Crippen LogP contribution in [-0.4, -0.2) is 71.0 Å². The van der Waals surface area contributed by atoms with Crippen molar-refractivity contribution in [3.8, 4) is 6.07 Å². The first-order valence-corrected chi connectivity index (χ1v) is 14.7. The number of halogens is 2. The molecule has 0 spiro atoms. The molecule has 3 aromatic rings. The van der Waals surface area contributed by atoms with Gasteiger partial charge < -0.3 is 4.90 Å². The van der Waals surface area contributed by atoms with Crippen molar-refractivity contribution in [2.24, 2.45) is 0 Å². The fourth-order valence-corrected chi connectivity index (χ4v) is 7.32. The number of ketones is 1. The van der Waals surface area contributed by atoms with Crippen LogP contribution < -0.4 is 4.90 Å². The van der Waals surface area contributed by atoms with Gasteiger partial charge in [-0.15, -0.1) is 0 Å². The topological polar surface area (TPSA) is 137 Å². The number of hydrogen-bond donors (Lipinski definition) is 0. The van der Waals surface area contributed by atoms with Crippen molar-refractivity contribution in [2.45, 2.75) is 30.8 Å². The molecule has 14 heteroatoms. The summed E-state index contributed by atoms with van der Waals surface area (Å²) in [6.45, 7) is 2.84. The first-order valence-electron chi connectivity index (χ1n) is 12.5. The number of nitriles is 1. The second kappa shape index (κ2) is 10.6. The van der Waals surface area contributed by atoms with Gasteiger partial charge in [-0.3, -0.25) is 19.0 Å². The highest BCUT2D eigenvalue weighted by Gasteiger charge is 2.52. The van der Waals surface area contributed by atoms with Gasteiger partial charge in [0.15, 0.2) is 5.03 Å².